The lowest BCUT2D eigenvalue weighted by Crippen LogP contribution is -2.21. The first-order valence-electron chi connectivity index (χ1n) is 4.89. The van der Waals surface area contributed by atoms with E-state index in [0.717, 1.165) is 13.1 Å². The summed E-state index contributed by atoms with van der Waals surface area (Å²) in [7, 11) is 0. The minimum absolute atomic E-state index is 0.118. The second-order valence-electron chi connectivity index (χ2n) is 2.64. The van der Waals surface area contributed by atoms with Gasteiger partial charge in [-0.2, -0.15) is 11.8 Å². The van der Waals surface area contributed by atoms with Gasteiger partial charge in [-0.15, -0.1) is 0 Å². The van der Waals surface area contributed by atoms with E-state index < -0.39 is 0 Å². The van der Waals surface area contributed by atoms with Crippen molar-refractivity contribution in [2.45, 2.75) is 13.3 Å². The molecule has 0 spiro atoms. The molecular formula is C9H21NO2S. The highest BCUT2D eigenvalue weighted by Crippen LogP contribution is 1.99. The topological polar surface area (TPSA) is 41.5 Å². The van der Waals surface area contributed by atoms with Crippen molar-refractivity contribution in [3.63, 3.8) is 0 Å². The molecule has 0 amide bonds. The zero-order valence-corrected chi connectivity index (χ0v) is 9.24. The number of ether oxygens (including phenoxy) is 1. The maximum atomic E-state index is 8.42. The fraction of sp³-hybridized carbons (Fsp3) is 1.00. The minimum atomic E-state index is 0.118. The van der Waals surface area contributed by atoms with Gasteiger partial charge in [0.2, 0.25) is 0 Å². The average molecular weight is 207 g/mol. The lowest BCUT2D eigenvalue weighted by atomic mass is 10.5. The van der Waals surface area contributed by atoms with Gasteiger partial charge in [-0.25, -0.2) is 0 Å². The summed E-state index contributed by atoms with van der Waals surface area (Å²) in [6.45, 7) is 5.40. The van der Waals surface area contributed by atoms with Crippen LogP contribution < -0.4 is 5.32 Å². The van der Waals surface area contributed by atoms with Crippen molar-refractivity contribution in [3.05, 3.63) is 0 Å². The molecule has 80 valence electrons. The van der Waals surface area contributed by atoms with Crippen LogP contribution in [0.4, 0.5) is 0 Å². The Labute approximate surface area is 85.2 Å². The van der Waals surface area contributed by atoms with Gasteiger partial charge in [-0.3, -0.25) is 0 Å². The Kier molecular flexibility index (Phi) is 12.4. The van der Waals surface area contributed by atoms with Crippen molar-refractivity contribution in [1.82, 2.24) is 5.32 Å². The largest absolute Gasteiger partial charge is 0.394 e. The van der Waals surface area contributed by atoms with Crippen LogP contribution in [0.15, 0.2) is 0 Å². The SMILES string of the molecule is CCSCCCNCCOCCO. The zero-order valence-electron chi connectivity index (χ0n) is 8.42. The van der Waals surface area contributed by atoms with Crippen LogP contribution in [0.1, 0.15) is 13.3 Å². The first-order valence-corrected chi connectivity index (χ1v) is 6.04. The van der Waals surface area contributed by atoms with E-state index in [1.54, 1.807) is 0 Å². The van der Waals surface area contributed by atoms with Gasteiger partial charge in [-0.1, -0.05) is 6.92 Å². The molecule has 0 saturated heterocycles. The van der Waals surface area contributed by atoms with Crippen LogP contribution in [0.2, 0.25) is 0 Å². The second-order valence-corrected chi connectivity index (χ2v) is 4.03. The number of aliphatic hydroxyl groups excluding tert-OH is 1. The third-order valence-electron chi connectivity index (χ3n) is 1.51. The predicted molar refractivity (Wildman–Crippen MR) is 58.4 cm³/mol. The lowest BCUT2D eigenvalue weighted by molar-refractivity contribution is 0.0940. The van der Waals surface area contributed by atoms with E-state index >= 15 is 0 Å². The monoisotopic (exact) mass is 207 g/mol. The van der Waals surface area contributed by atoms with E-state index in [4.69, 9.17) is 9.84 Å². The number of aliphatic hydroxyl groups is 1. The lowest BCUT2D eigenvalue weighted by Gasteiger charge is -2.04. The molecule has 0 aliphatic carbocycles. The van der Waals surface area contributed by atoms with Crippen LogP contribution in [-0.2, 0) is 4.74 Å². The average Bonchev–Trinajstić information content (AvgIpc) is 2.16. The molecule has 0 unspecified atom stereocenters. The van der Waals surface area contributed by atoms with Gasteiger partial charge in [0.05, 0.1) is 19.8 Å². The molecule has 0 radical (unpaired) electrons. The number of rotatable bonds is 10. The molecule has 0 aromatic carbocycles. The van der Waals surface area contributed by atoms with Crippen LogP contribution in [0, 0.1) is 0 Å². The summed E-state index contributed by atoms with van der Waals surface area (Å²) in [6, 6.07) is 0. The van der Waals surface area contributed by atoms with Crippen molar-refractivity contribution >= 4 is 11.8 Å². The summed E-state index contributed by atoms with van der Waals surface area (Å²) in [5.74, 6) is 2.45. The molecule has 13 heavy (non-hydrogen) atoms. The van der Waals surface area contributed by atoms with Crippen LogP contribution >= 0.6 is 11.8 Å². The Bertz CT molecular complexity index is 83.7. The highest BCUT2D eigenvalue weighted by molar-refractivity contribution is 7.99. The summed E-state index contributed by atoms with van der Waals surface area (Å²) >= 11 is 1.98. The summed E-state index contributed by atoms with van der Waals surface area (Å²) in [6.07, 6.45) is 1.22. The van der Waals surface area contributed by atoms with E-state index in [2.05, 4.69) is 12.2 Å². The van der Waals surface area contributed by atoms with E-state index in [1.165, 1.54) is 17.9 Å². The third kappa shape index (κ3) is 12.2. The molecule has 0 rings (SSSR count). The summed E-state index contributed by atoms with van der Waals surface area (Å²) in [5.41, 5.74) is 0. The van der Waals surface area contributed by atoms with E-state index in [9.17, 15) is 0 Å². The van der Waals surface area contributed by atoms with Gasteiger partial charge in [0.1, 0.15) is 0 Å². The molecule has 0 fully saturated rings. The van der Waals surface area contributed by atoms with Crippen molar-refractivity contribution in [3.8, 4) is 0 Å². The van der Waals surface area contributed by atoms with Gasteiger partial charge in [0.25, 0.3) is 0 Å². The van der Waals surface area contributed by atoms with Crippen molar-refractivity contribution in [2.75, 3.05) is 44.4 Å². The second kappa shape index (κ2) is 12.2. The van der Waals surface area contributed by atoms with Crippen LogP contribution in [0.25, 0.3) is 0 Å². The molecule has 3 nitrogen and oxygen atoms in total. The van der Waals surface area contributed by atoms with E-state index in [1.807, 2.05) is 11.8 Å². The van der Waals surface area contributed by atoms with Crippen LogP contribution in [0.3, 0.4) is 0 Å². The highest BCUT2D eigenvalue weighted by atomic mass is 32.2. The predicted octanol–water partition coefficient (Wildman–Crippen LogP) is 0.728. The molecular weight excluding hydrogens is 186 g/mol. The molecule has 0 atom stereocenters. The molecule has 0 aliphatic heterocycles. The first-order chi connectivity index (χ1) is 6.41. The number of hydrogen-bond donors (Lipinski definition) is 2. The Morgan fingerprint density at radius 1 is 1.31 bits per heavy atom. The molecule has 0 saturated carbocycles. The molecule has 2 N–H and O–H groups in total. The Hall–Kier alpha value is 0.230. The molecule has 4 heteroatoms. The van der Waals surface area contributed by atoms with Crippen LogP contribution in [0.5, 0.6) is 0 Å². The summed E-state index contributed by atoms with van der Waals surface area (Å²) < 4.78 is 5.09. The van der Waals surface area contributed by atoms with Crippen LogP contribution in [-0.4, -0.2) is 49.5 Å². The smallest absolute Gasteiger partial charge is 0.0698 e. The standard InChI is InChI=1S/C9H21NO2S/c1-2-13-9-3-4-10-5-7-12-8-6-11/h10-11H,2-9H2,1H3. The Morgan fingerprint density at radius 2 is 2.15 bits per heavy atom. The normalized spacial score (nSPS) is 10.6. The van der Waals surface area contributed by atoms with Crippen molar-refractivity contribution < 1.29 is 9.84 Å². The maximum Gasteiger partial charge on any atom is 0.0698 e. The Morgan fingerprint density at radius 3 is 2.85 bits per heavy atom. The Balaban J connectivity index is 2.76. The van der Waals surface area contributed by atoms with Gasteiger partial charge in [0, 0.05) is 6.54 Å². The quantitative estimate of drug-likeness (QED) is 0.518. The van der Waals surface area contributed by atoms with E-state index in [-0.39, 0.29) is 6.61 Å². The van der Waals surface area contributed by atoms with Crippen molar-refractivity contribution in [1.29, 1.82) is 0 Å². The zero-order chi connectivity index (χ0) is 9.78. The fourth-order valence-corrected chi connectivity index (χ4v) is 1.52. The van der Waals surface area contributed by atoms with Crippen molar-refractivity contribution in [2.24, 2.45) is 0 Å². The molecule has 0 aromatic rings. The first kappa shape index (κ1) is 13.2. The summed E-state index contributed by atoms with van der Waals surface area (Å²) in [4.78, 5) is 0. The molecule has 0 aliphatic rings. The summed E-state index contributed by atoms with van der Waals surface area (Å²) in [5, 5.41) is 11.7. The molecule has 0 heterocycles. The fourth-order valence-electron chi connectivity index (χ4n) is 0.880. The van der Waals surface area contributed by atoms with Gasteiger partial charge in [-0.05, 0) is 24.5 Å². The maximum absolute atomic E-state index is 8.42. The molecule has 0 aromatic heterocycles. The van der Waals surface area contributed by atoms with Gasteiger partial charge >= 0.3 is 0 Å². The van der Waals surface area contributed by atoms with Gasteiger partial charge in [0.15, 0.2) is 0 Å². The number of thioether (sulfide) groups is 1. The minimum Gasteiger partial charge on any atom is -0.394 e. The number of nitrogens with one attached hydrogen (secondary N) is 1. The van der Waals surface area contributed by atoms with Gasteiger partial charge < -0.3 is 15.2 Å². The van der Waals surface area contributed by atoms with E-state index in [0.29, 0.717) is 13.2 Å². The highest BCUT2D eigenvalue weighted by Gasteiger charge is 1.89. The molecule has 0 bridgehead atoms. The third-order valence-corrected chi connectivity index (χ3v) is 2.49. The number of hydrogen-bond acceptors (Lipinski definition) is 4.